The first kappa shape index (κ1) is 10.2. The molecule has 1 aromatic heterocycles. The largest absolute Gasteiger partial charge is 0.397 e. The monoisotopic (exact) mass is 217 g/mol. The molecule has 0 aliphatic heterocycles. The number of H-pyrrole nitrogens is 1. The standard InChI is InChI=1S/C11H11N3O2/c1-7-4-9(14(15)16)2-3-10(7)11-5-8(12)6-13-11/h2-6,13H,12H2,1H3. The van der Waals surface area contributed by atoms with E-state index in [1.807, 2.05) is 6.92 Å². The summed E-state index contributed by atoms with van der Waals surface area (Å²) in [6, 6.07) is 6.55. The molecule has 0 aliphatic carbocycles. The van der Waals surface area contributed by atoms with Crippen LogP contribution in [0.3, 0.4) is 0 Å². The normalized spacial score (nSPS) is 10.3. The van der Waals surface area contributed by atoms with E-state index in [0.29, 0.717) is 5.69 Å². The van der Waals surface area contributed by atoms with Crippen LogP contribution in [0.2, 0.25) is 0 Å². The van der Waals surface area contributed by atoms with Crippen molar-refractivity contribution in [2.75, 3.05) is 5.73 Å². The second-order valence-electron chi connectivity index (χ2n) is 3.60. The fourth-order valence-electron chi connectivity index (χ4n) is 1.63. The Morgan fingerprint density at radius 2 is 2.12 bits per heavy atom. The van der Waals surface area contributed by atoms with Crippen molar-refractivity contribution in [3.63, 3.8) is 0 Å². The number of aromatic nitrogens is 1. The van der Waals surface area contributed by atoms with E-state index in [1.165, 1.54) is 6.07 Å². The molecule has 0 amide bonds. The first-order valence-electron chi connectivity index (χ1n) is 4.77. The summed E-state index contributed by atoms with van der Waals surface area (Å²) in [5.74, 6) is 0. The third-order valence-corrected chi connectivity index (χ3v) is 2.42. The Bertz CT molecular complexity index is 546. The van der Waals surface area contributed by atoms with Gasteiger partial charge in [-0.25, -0.2) is 0 Å². The minimum Gasteiger partial charge on any atom is -0.397 e. The van der Waals surface area contributed by atoms with Gasteiger partial charge >= 0.3 is 0 Å². The number of nitro groups is 1. The van der Waals surface area contributed by atoms with Crippen molar-refractivity contribution in [1.29, 1.82) is 0 Å². The fraction of sp³-hybridized carbons (Fsp3) is 0.0909. The Hall–Kier alpha value is -2.30. The van der Waals surface area contributed by atoms with Gasteiger partial charge in [0.05, 0.1) is 4.92 Å². The molecular formula is C11H11N3O2. The van der Waals surface area contributed by atoms with Gasteiger partial charge in [-0.3, -0.25) is 10.1 Å². The number of nitrogens with two attached hydrogens (primary N) is 1. The Morgan fingerprint density at radius 1 is 1.38 bits per heavy atom. The lowest BCUT2D eigenvalue weighted by molar-refractivity contribution is -0.384. The van der Waals surface area contributed by atoms with Crippen molar-refractivity contribution in [3.8, 4) is 11.3 Å². The molecule has 82 valence electrons. The van der Waals surface area contributed by atoms with Crippen LogP contribution in [0.25, 0.3) is 11.3 Å². The van der Waals surface area contributed by atoms with Crippen LogP contribution >= 0.6 is 0 Å². The van der Waals surface area contributed by atoms with Gasteiger partial charge in [0.15, 0.2) is 0 Å². The quantitative estimate of drug-likeness (QED) is 0.598. The summed E-state index contributed by atoms with van der Waals surface area (Å²) in [5.41, 5.74) is 8.98. The minimum absolute atomic E-state index is 0.0979. The molecule has 0 atom stereocenters. The van der Waals surface area contributed by atoms with Crippen LogP contribution in [0.1, 0.15) is 5.56 Å². The number of nitrogen functional groups attached to an aromatic ring is 1. The zero-order chi connectivity index (χ0) is 11.7. The minimum atomic E-state index is -0.403. The molecule has 0 saturated carbocycles. The Kier molecular flexibility index (Phi) is 2.36. The summed E-state index contributed by atoms with van der Waals surface area (Å²) in [6.07, 6.45) is 1.69. The maximum absolute atomic E-state index is 10.6. The molecule has 5 nitrogen and oxygen atoms in total. The van der Waals surface area contributed by atoms with Gasteiger partial charge < -0.3 is 10.7 Å². The maximum atomic E-state index is 10.6. The molecule has 1 heterocycles. The molecule has 5 heteroatoms. The number of anilines is 1. The highest BCUT2D eigenvalue weighted by Gasteiger charge is 2.10. The van der Waals surface area contributed by atoms with Crippen LogP contribution in [-0.2, 0) is 0 Å². The molecule has 0 fully saturated rings. The lowest BCUT2D eigenvalue weighted by Gasteiger charge is -2.02. The maximum Gasteiger partial charge on any atom is 0.269 e. The van der Waals surface area contributed by atoms with Gasteiger partial charge in [-0.05, 0) is 24.6 Å². The summed E-state index contributed by atoms with van der Waals surface area (Å²) >= 11 is 0. The number of nitrogens with one attached hydrogen (secondary N) is 1. The molecule has 16 heavy (non-hydrogen) atoms. The first-order valence-corrected chi connectivity index (χ1v) is 4.77. The van der Waals surface area contributed by atoms with E-state index in [0.717, 1.165) is 16.8 Å². The second kappa shape index (κ2) is 3.69. The van der Waals surface area contributed by atoms with Gasteiger partial charge in [0.25, 0.3) is 5.69 Å². The molecule has 2 rings (SSSR count). The van der Waals surface area contributed by atoms with E-state index in [1.54, 1.807) is 24.4 Å². The van der Waals surface area contributed by atoms with Crippen LogP contribution in [0, 0.1) is 17.0 Å². The van der Waals surface area contributed by atoms with Crippen molar-refractivity contribution in [2.24, 2.45) is 0 Å². The molecule has 0 aliphatic rings. The van der Waals surface area contributed by atoms with Crippen LogP contribution in [0.15, 0.2) is 30.5 Å². The van der Waals surface area contributed by atoms with Gasteiger partial charge in [-0.15, -0.1) is 0 Å². The third-order valence-electron chi connectivity index (χ3n) is 2.42. The highest BCUT2D eigenvalue weighted by molar-refractivity contribution is 5.68. The molecule has 1 aromatic carbocycles. The van der Waals surface area contributed by atoms with Gasteiger partial charge in [0.2, 0.25) is 0 Å². The third kappa shape index (κ3) is 1.75. The van der Waals surface area contributed by atoms with E-state index < -0.39 is 4.92 Å². The van der Waals surface area contributed by atoms with E-state index in [4.69, 9.17) is 5.73 Å². The number of hydrogen-bond donors (Lipinski definition) is 2. The van der Waals surface area contributed by atoms with Crippen LogP contribution < -0.4 is 5.73 Å². The highest BCUT2D eigenvalue weighted by atomic mass is 16.6. The molecule has 2 aromatic rings. The Balaban J connectivity index is 2.47. The van der Waals surface area contributed by atoms with Crippen LogP contribution in [0.4, 0.5) is 11.4 Å². The average molecular weight is 217 g/mol. The van der Waals surface area contributed by atoms with Gasteiger partial charge in [-0.1, -0.05) is 0 Å². The van der Waals surface area contributed by atoms with E-state index >= 15 is 0 Å². The summed E-state index contributed by atoms with van der Waals surface area (Å²) < 4.78 is 0. The van der Waals surface area contributed by atoms with Gasteiger partial charge in [0.1, 0.15) is 0 Å². The predicted octanol–water partition coefficient (Wildman–Crippen LogP) is 2.48. The predicted molar refractivity (Wildman–Crippen MR) is 62.0 cm³/mol. The fourth-order valence-corrected chi connectivity index (χ4v) is 1.63. The second-order valence-corrected chi connectivity index (χ2v) is 3.60. The summed E-state index contributed by atoms with van der Waals surface area (Å²) in [5, 5.41) is 10.6. The van der Waals surface area contributed by atoms with Crippen molar-refractivity contribution >= 4 is 11.4 Å². The molecular weight excluding hydrogens is 206 g/mol. The van der Waals surface area contributed by atoms with Gasteiger partial charge in [0, 0.05) is 35.3 Å². The van der Waals surface area contributed by atoms with Crippen molar-refractivity contribution in [2.45, 2.75) is 6.92 Å². The number of aryl methyl sites for hydroxylation is 1. The lowest BCUT2D eigenvalue weighted by Crippen LogP contribution is -1.90. The first-order chi connectivity index (χ1) is 7.58. The number of hydrogen-bond acceptors (Lipinski definition) is 3. The van der Waals surface area contributed by atoms with E-state index in [9.17, 15) is 10.1 Å². The molecule has 0 unspecified atom stereocenters. The number of benzene rings is 1. The van der Waals surface area contributed by atoms with E-state index in [-0.39, 0.29) is 5.69 Å². The van der Waals surface area contributed by atoms with Crippen molar-refractivity contribution in [1.82, 2.24) is 4.98 Å². The summed E-state index contributed by atoms with van der Waals surface area (Å²) in [6.45, 7) is 1.83. The smallest absolute Gasteiger partial charge is 0.269 e. The zero-order valence-electron chi connectivity index (χ0n) is 8.73. The SMILES string of the molecule is Cc1cc([N+](=O)[O-])ccc1-c1cc(N)c[nH]1. The van der Waals surface area contributed by atoms with E-state index in [2.05, 4.69) is 4.98 Å². The van der Waals surface area contributed by atoms with Crippen molar-refractivity contribution in [3.05, 3.63) is 46.1 Å². The highest BCUT2D eigenvalue weighted by Crippen LogP contribution is 2.26. The number of nitrogens with zero attached hydrogens (tertiary/aromatic N) is 1. The van der Waals surface area contributed by atoms with Crippen LogP contribution in [0.5, 0.6) is 0 Å². The summed E-state index contributed by atoms with van der Waals surface area (Å²) in [4.78, 5) is 13.2. The Labute approximate surface area is 92.1 Å². The Morgan fingerprint density at radius 3 is 2.62 bits per heavy atom. The average Bonchev–Trinajstić information content (AvgIpc) is 2.64. The summed E-state index contributed by atoms with van der Waals surface area (Å²) in [7, 11) is 0. The van der Waals surface area contributed by atoms with Crippen molar-refractivity contribution < 1.29 is 4.92 Å². The number of aromatic amines is 1. The topological polar surface area (TPSA) is 84.9 Å². The number of rotatable bonds is 2. The molecule has 0 radical (unpaired) electrons. The van der Waals surface area contributed by atoms with Gasteiger partial charge in [-0.2, -0.15) is 0 Å². The molecule has 0 saturated heterocycles. The molecule has 0 spiro atoms. The van der Waals surface area contributed by atoms with Crippen LogP contribution in [-0.4, -0.2) is 9.91 Å². The lowest BCUT2D eigenvalue weighted by atomic mass is 10.1. The zero-order valence-corrected chi connectivity index (χ0v) is 8.73. The number of nitro benzene ring substituents is 1. The molecule has 3 N–H and O–H groups in total. The molecule has 0 bridgehead atoms. The number of non-ortho nitro benzene ring substituents is 1.